The lowest BCUT2D eigenvalue weighted by atomic mass is 10.1. The van der Waals surface area contributed by atoms with Gasteiger partial charge in [-0.05, 0) is 32.4 Å². The van der Waals surface area contributed by atoms with Gasteiger partial charge in [0.2, 0.25) is 0 Å². The maximum atomic E-state index is 10.6. The number of nitro groups is 1. The third-order valence-corrected chi connectivity index (χ3v) is 3.69. The standard InChI is InChI=1S/C14H21N3O2/c1-11(15-9-10-16(2)13-7-8-13)12-3-5-14(6-4-12)17(18)19/h3-6,11,13,15H,7-10H2,1-2H3. The molecule has 0 saturated heterocycles. The highest BCUT2D eigenvalue weighted by molar-refractivity contribution is 5.33. The molecule has 0 radical (unpaired) electrons. The second-order valence-corrected chi connectivity index (χ2v) is 5.24. The zero-order valence-corrected chi connectivity index (χ0v) is 11.5. The van der Waals surface area contributed by atoms with Crippen LogP contribution in [0.3, 0.4) is 0 Å². The predicted octanol–water partition coefficient (Wildman–Crippen LogP) is 2.34. The van der Waals surface area contributed by atoms with E-state index in [1.54, 1.807) is 12.1 Å². The summed E-state index contributed by atoms with van der Waals surface area (Å²) in [6.07, 6.45) is 2.66. The van der Waals surface area contributed by atoms with Crippen molar-refractivity contribution in [3.63, 3.8) is 0 Å². The van der Waals surface area contributed by atoms with Crippen molar-refractivity contribution in [2.75, 3.05) is 20.1 Å². The van der Waals surface area contributed by atoms with Crippen molar-refractivity contribution in [3.8, 4) is 0 Å². The molecule has 5 nitrogen and oxygen atoms in total. The number of hydrogen-bond donors (Lipinski definition) is 1. The van der Waals surface area contributed by atoms with Crippen molar-refractivity contribution in [2.24, 2.45) is 0 Å². The van der Waals surface area contributed by atoms with E-state index in [-0.39, 0.29) is 16.7 Å². The normalized spacial score (nSPS) is 16.6. The number of nitro benzene ring substituents is 1. The lowest BCUT2D eigenvalue weighted by Crippen LogP contribution is -2.31. The number of nitrogens with one attached hydrogen (secondary N) is 1. The quantitative estimate of drug-likeness (QED) is 0.606. The highest BCUT2D eigenvalue weighted by Gasteiger charge is 2.25. The SMILES string of the molecule is CC(NCCN(C)C1CC1)c1ccc([N+](=O)[O-])cc1. The molecule has 1 unspecified atom stereocenters. The van der Waals surface area contributed by atoms with Crippen molar-refractivity contribution >= 4 is 5.69 Å². The first-order chi connectivity index (χ1) is 9.08. The Kier molecular flexibility index (Phi) is 4.50. The van der Waals surface area contributed by atoms with Crippen LogP contribution in [0, 0.1) is 10.1 Å². The van der Waals surface area contributed by atoms with Gasteiger partial charge in [-0.25, -0.2) is 0 Å². The summed E-state index contributed by atoms with van der Waals surface area (Å²) in [5.41, 5.74) is 1.23. The van der Waals surface area contributed by atoms with Crippen LogP contribution in [-0.2, 0) is 0 Å². The van der Waals surface area contributed by atoms with Gasteiger partial charge >= 0.3 is 0 Å². The average molecular weight is 263 g/mol. The number of benzene rings is 1. The van der Waals surface area contributed by atoms with Crippen LogP contribution in [0.15, 0.2) is 24.3 Å². The van der Waals surface area contributed by atoms with Gasteiger partial charge in [0.05, 0.1) is 4.92 Å². The van der Waals surface area contributed by atoms with Crippen LogP contribution < -0.4 is 5.32 Å². The molecule has 1 fully saturated rings. The number of likely N-dealkylation sites (N-methyl/N-ethyl adjacent to an activating group) is 1. The van der Waals surface area contributed by atoms with Crippen molar-refractivity contribution in [1.29, 1.82) is 0 Å². The maximum absolute atomic E-state index is 10.6. The second kappa shape index (κ2) is 6.12. The van der Waals surface area contributed by atoms with Crippen LogP contribution in [0.4, 0.5) is 5.69 Å². The Balaban J connectivity index is 1.78. The lowest BCUT2D eigenvalue weighted by molar-refractivity contribution is -0.384. The summed E-state index contributed by atoms with van der Waals surface area (Å²) in [6.45, 7) is 4.06. The van der Waals surface area contributed by atoms with E-state index in [1.807, 2.05) is 12.1 Å². The summed E-state index contributed by atoms with van der Waals surface area (Å²) in [5.74, 6) is 0. The van der Waals surface area contributed by atoms with Crippen LogP contribution >= 0.6 is 0 Å². The monoisotopic (exact) mass is 263 g/mol. The molecule has 1 aromatic rings. The molecular weight excluding hydrogens is 242 g/mol. The third-order valence-electron chi connectivity index (χ3n) is 3.69. The van der Waals surface area contributed by atoms with Crippen LogP contribution in [0.2, 0.25) is 0 Å². The Morgan fingerprint density at radius 2 is 2.05 bits per heavy atom. The van der Waals surface area contributed by atoms with Gasteiger partial charge in [-0.15, -0.1) is 0 Å². The molecule has 1 aliphatic carbocycles. The minimum atomic E-state index is -0.369. The largest absolute Gasteiger partial charge is 0.309 e. The van der Waals surface area contributed by atoms with Gasteiger partial charge in [-0.2, -0.15) is 0 Å². The lowest BCUT2D eigenvalue weighted by Gasteiger charge is -2.19. The Labute approximate surface area is 113 Å². The zero-order chi connectivity index (χ0) is 13.8. The number of nitrogens with zero attached hydrogens (tertiary/aromatic N) is 2. The maximum Gasteiger partial charge on any atom is 0.269 e. The fourth-order valence-electron chi connectivity index (χ4n) is 2.16. The molecule has 2 rings (SSSR count). The van der Waals surface area contributed by atoms with E-state index in [9.17, 15) is 10.1 Å². The van der Waals surface area contributed by atoms with E-state index in [4.69, 9.17) is 0 Å². The first-order valence-corrected chi connectivity index (χ1v) is 6.76. The van der Waals surface area contributed by atoms with Gasteiger partial charge in [0.25, 0.3) is 5.69 Å². The number of rotatable bonds is 7. The van der Waals surface area contributed by atoms with Crippen LogP contribution in [-0.4, -0.2) is 36.0 Å². The van der Waals surface area contributed by atoms with Gasteiger partial charge in [0.1, 0.15) is 0 Å². The van der Waals surface area contributed by atoms with E-state index in [0.717, 1.165) is 24.7 Å². The van der Waals surface area contributed by atoms with Gasteiger partial charge in [-0.3, -0.25) is 10.1 Å². The molecular formula is C14H21N3O2. The Morgan fingerprint density at radius 1 is 1.42 bits per heavy atom. The molecule has 0 spiro atoms. The topological polar surface area (TPSA) is 58.4 Å². The molecule has 1 N–H and O–H groups in total. The van der Waals surface area contributed by atoms with Gasteiger partial charge in [0.15, 0.2) is 0 Å². The fraction of sp³-hybridized carbons (Fsp3) is 0.571. The van der Waals surface area contributed by atoms with Crippen molar-refractivity contribution < 1.29 is 4.92 Å². The summed E-state index contributed by atoms with van der Waals surface area (Å²) in [6, 6.07) is 7.76. The molecule has 1 saturated carbocycles. The number of non-ortho nitro benzene ring substituents is 1. The predicted molar refractivity (Wildman–Crippen MR) is 75.2 cm³/mol. The fourth-order valence-corrected chi connectivity index (χ4v) is 2.16. The highest BCUT2D eigenvalue weighted by atomic mass is 16.6. The van der Waals surface area contributed by atoms with E-state index in [0.29, 0.717) is 0 Å². The zero-order valence-electron chi connectivity index (χ0n) is 11.5. The average Bonchev–Trinajstić information content (AvgIpc) is 3.23. The molecule has 0 aromatic heterocycles. The summed E-state index contributed by atoms with van der Waals surface area (Å²) in [4.78, 5) is 12.6. The van der Waals surface area contributed by atoms with Gasteiger partial charge in [0, 0.05) is 37.3 Å². The van der Waals surface area contributed by atoms with Gasteiger partial charge in [-0.1, -0.05) is 12.1 Å². The van der Waals surface area contributed by atoms with E-state index in [1.165, 1.54) is 12.8 Å². The number of hydrogen-bond acceptors (Lipinski definition) is 4. The second-order valence-electron chi connectivity index (χ2n) is 5.24. The minimum Gasteiger partial charge on any atom is -0.309 e. The third kappa shape index (κ3) is 4.01. The molecule has 0 bridgehead atoms. The molecule has 104 valence electrons. The molecule has 5 heteroatoms. The molecule has 0 heterocycles. The summed E-state index contributed by atoms with van der Waals surface area (Å²) in [7, 11) is 2.16. The van der Waals surface area contributed by atoms with E-state index < -0.39 is 0 Å². The van der Waals surface area contributed by atoms with Crippen molar-refractivity contribution in [3.05, 3.63) is 39.9 Å². The molecule has 19 heavy (non-hydrogen) atoms. The Bertz CT molecular complexity index is 429. The van der Waals surface area contributed by atoms with Gasteiger partial charge < -0.3 is 10.2 Å². The highest BCUT2D eigenvalue weighted by Crippen LogP contribution is 2.24. The van der Waals surface area contributed by atoms with Crippen molar-refractivity contribution in [1.82, 2.24) is 10.2 Å². The molecule has 1 aromatic carbocycles. The smallest absolute Gasteiger partial charge is 0.269 e. The Morgan fingerprint density at radius 3 is 2.58 bits per heavy atom. The molecule has 0 amide bonds. The van der Waals surface area contributed by atoms with Crippen LogP contribution in [0.25, 0.3) is 0 Å². The summed E-state index contributed by atoms with van der Waals surface area (Å²) in [5, 5.41) is 14.0. The molecule has 1 atom stereocenters. The van der Waals surface area contributed by atoms with E-state index in [2.05, 4.69) is 24.2 Å². The summed E-state index contributed by atoms with van der Waals surface area (Å²) >= 11 is 0. The van der Waals surface area contributed by atoms with Crippen molar-refractivity contribution in [2.45, 2.75) is 31.8 Å². The Hall–Kier alpha value is -1.46. The van der Waals surface area contributed by atoms with Crippen LogP contribution in [0.5, 0.6) is 0 Å². The van der Waals surface area contributed by atoms with Crippen LogP contribution in [0.1, 0.15) is 31.4 Å². The first-order valence-electron chi connectivity index (χ1n) is 6.76. The minimum absolute atomic E-state index is 0.143. The van der Waals surface area contributed by atoms with E-state index >= 15 is 0 Å². The first kappa shape index (κ1) is 14.0. The molecule has 0 aliphatic heterocycles. The molecule has 1 aliphatic rings. The summed E-state index contributed by atoms with van der Waals surface area (Å²) < 4.78 is 0.